The molecule has 0 amide bonds. The average molecular weight is 503 g/mol. The molecule has 1 saturated heterocycles. The molecule has 0 radical (unpaired) electrons. The summed E-state index contributed by atoms with van der Waals surface area (Å²) >= 11 is -1.63. The highest BCUT2D eigenvalue weighted by Crippen LogP contribution is 2.33. The Morgan fingerprint density at radius 3 is 2.68 bits per heavy atom. The molecule has 1 fully saturated rings. The highest BCUT2D eigenvalue weighted by molar-refractivity contribution is 7.89. The summed E-state index contributed by atoms with van der Waals surface area (Å²) in [5, 5.41) is 4.87. The van der Waals surface area contributed by atoms with Gasteiger partial charge in [0.05, 0.1) is 11.0 Å². The highest BCUT2D eigenvalue weighted by Gasteiger charge is 2.34. The number of benzene rings is 2. The molecule has 2 aliphatic heterocycles. The number of rotatable bonds is 7. The van der Waals surface area contributed by atoms with Gasteiger partial charge in [0, 0.05) is 42.7 Å². The molecule has 1 N–H and O–H groups in total. The van der Waals surface area contributed by atoms with Gasteiger partial charge >= 0.3 is 11.3 Å². The van der Waals surface area contributed by atoms with Crippen LogP contribution in [0.4, 0.5) is 0 Å². The van der Waals surface area contributed by atoms with E-state index in [1.54, 1.807) is 28.6 Å². The number of aromatic nitrogens is 1. The molecule has 0 bridgehead atoms. The number of para-hydroxylation sites is 1. The Balaban J connectivity index is 1.37. The number of nitrogens with one attached hydrogen (secondary N) is 1. The molecular formula is C23H26N4O5S2. The zero-order valence-corrected chi connectivity index (χ0v) is 20.5. The Morgan fingerprint density at radius 2 is 1.97 bits per heavy atom. The number of oxime groups is 1. The lowest BCUT2D eigenvalue weighted by Gasteiger charge is -2.18. The summed E-state index contributed by atoms with van der Waals surface area (Å²) in [5.41, 5.74) is 2.03. The third-order valence-electron chi connectivity index (χ3n) is 5.95. The van der Waals surface area contributed by atoms with Crippen molar-refractivity contribution >= 4 is 38.0 Å². The lowest BCUT2D eigenvalue weighted by molar-refractivity contribution is 0.242. The minimum absolute atomic E-state index is 0.000769. The first-order valence-electron chi connectivity index (χ1n) is 11.1. The molecule has 3 heterocycles. The van der Waals surface area contributed by atoms with Crippen LogP contribution >= 0.6 is 0 Å². The SMILES string of the molecule is CC(C)Oc1ccc(S(=O)(=O)N2CCC(n3cc(CC4=NOS(=O)N4)c4ccccc43)C2)cc1. The molecule has 11 heteroatoms. The van der Waals surface area contributed by atoms with E-state index in [0.717, 1.165) is 16.5 Å². The van der Waals surface area contributed by atoms with Gasteiger partial charge in [0.1, 0.15) is 5.75 Å². The smallest absolute Gasteiger partial charge is 0.338 e. The van der Waals surface area contributed by atoms with E-state index in [1.165, 1.54) is 0 Å². The molecular weight excluding hydrogens is 476 g/mol. The zero-order valence-electron chi connectivity index (χ0n) is 18.9. The lowest BCUT2D eigenvalue weighted by atomic mass is 10.1. The number of nitrogens with zero attached hydrogens (tertiary/aromatic N) is 3. The summed E-state index contributed by atoms with van der Waals surface area (Å²) in [5.74, 6) is 1.15. The number of amidine groups is 1. The Labute approximate surface area is 201 Å². The molecule has 1 aromatic heterocycles. The fourth-order valence-corrected chi connectivity index (χ4v) is 6.44. The van der Waals surface area contributed by atoms with Crippen molar-refractivity contribution in [2.24, 2.45) is 5.16 Å². The van der Waals surface area contributed by atoms with Gasteiger partial charge in [0.25, 0.3) is 0 Å². The van der Waals surface area contributed by atoms with Crippen LogP contribution in [0, 0.1) is 0 Å². The fourth-order valence-electron chi connectivity index (χ4n) is 4.45. The van der Waals surface area contributed by atoms with Crippen molar-refractivity contribution in [3.05, 3.63) is 60.3 Å². The van der Waals surface area contributed by atoms with E-state index in [0.29, 0.717) is 37.5 Å². The van der Waals surface area contributed by atoms with Crippen LogP contribution in [0.25, 0.3) is 10.9 Å². The molecule has 180 valence electrons. The molecule has 0 aliphatic carbocycles. The first kappa shape index (κ1) is 22.9. The number of fused-ring (bicyclic) bond motifs is 1. The Bertz CT molecular complexity index is 1370. The molecule has 2 unspecified atom stereocenters. The molecule has 2 aliphatic rings. The van der Waals surface area contributed by atoms with Gasteiger partial charge in [-0.3, -0.25) is 9.01 Å². The summed E-state index contributed by atoms with van der Waals surface area (Å²) in [4.78, 5) is 0.264. The van der Waals surface area contributed by atoms with E-state index in [1.807, 2.05) is 44.3 Å². The van der Waals surface area contributed by atoms with Crippen LogP contribution in [0.3, 0.4) is 0 Å². The lowest BCUT2D eigenvalue weighted by Crippen LogP contribution is -2.29. The fraction of sp³-hybridized carbons (Fsp3) is 0.348. The second-order valence-electron chi connectivity index (χ2n) is 8.65. The molecule has 3 aromatic rings. The topological polar surface area (TPSA) is 102 Å². The first-order chi connectivity index (χ1) is 16.3. The number of hydrogen-bond donors (Lipinski definition) is 1. The van der Waals surface area contributed by atoms with Gasteiger partial charge in [-0.2, -0.15) is 8.51 Å². The van der Waals surface area contributed by atoms with Gasteiger partial charge in [-0.15, -0.1) is 0 Å². The van der Waals surface area contributed by atoms with Crippen LogP contribution in [0.15, 0.2) is 64.8 Å². The summed E-state index contributed by atoms with van der Waals surface area (Å²) in [7, 11) is -3.61. The van der Waals surface area contributed by atoms with Crippen LogP contribution in [0.5, 0.6) is 5.75 Å². The summed E-state index contributed by atoms with van der Waals surface area (Å²) in [6.07, 6.45) is 3.21. The number of ether oxygens (including phenoxy) is 1. The van der Waals surface area contributed by atoms with Crippen LogP contribution in [-0.4, -0.2) is 46.5 Å². The van der Waals surface area contributed by atoms with Crippen LogP contribution < -0.4 is 9.46 Å². The summed E-state index contributed by atoms with van der Waals surface area (Å²) in [6.45, 7) is 4.69. The van der Waals surface area contributed by atoms with Crippen LogP contribution in [0.2, 0.25) is 0 Å². The predicted octanol–water partition coefficient (Wildman–Crippen LogP) is 3.12. The van der Waals surface area contributed by atoms with E-state index < -0.39 is 21.3 Å². The summed E-state index contributed by atoms with van der Waals surface area (Å²) < 4.78 is 54.7. The number of hydrogen-bond acceptors (Lipinski definition) is 6. The normalized spacial score (nSPS) is 21.0. The molecule has 2 aromatic carbocycles. The Hall–Kier alpha value is -2.89. The Kier molecular flexibility index (Phi) is 6.09. The van der Waals surface area contributed by atoms with Crippen molar-refractivity contribution in [1.82, 2.24) is 13.6 Å². The Morgan fingerprint density at radius 1 is 1.21 bits per heavy atom. The molecule has 5 rings (SSSR count). The third-order valence-corrected chi connectivity index (χ3v) is 8.44. The van der Waals surface area contributed by atoms with Crippen molar-refractivity contribution in [2.45, 2.75) is 43.7 Å². The van der Waals surface area contributed by atoms with Gasteiger partial charge in [-0.05, 0) is 56.2 Å². The highest BCUT2D eigenvalue weighted by atomic mass is 32.2. The maximum atomic E-state index is 13.3. The van der Waals surface area contributed by atoms with E-state index in [9.17, 15) is 12.6 Å². The van der Waals surface area contributed by atoms with Crippen LogP contribution in [0.1, 0.15) is 31.9 Å². The number of sulfonamides is 1. The zero-order chi connectivity index (χ0) is 23.9. The van der Waals surface area contributed by atoms with Gasteiger partial charge in [-0.25, -0.2) is 8.42 Å². The van der Waals surface area contributed by atoms with E-state index in [2.05, 4.69) is 14.4 Å². The summed E-state index contributed by atoms with van der Waals surface area (Å²) in [6, 6.07) is 14.6. The van der Waals surface area contributed by atoms with Crippen molar-refractivity contribution in [2.75, 3.05) is 13.1 Å². The minimum Gasteiger partial charge on any atom is -0.491 e. The van der Waals surface area contributed by atoms with E-state index in [4.69, 9.17) is 9.02 Å². The second kappa shape index (κ2) is 9.05. The third kappa shape index (κ3) is 4.42. The molecule has 0 saturated carbocycles. The maximum absolute atomic E-state index is 13.3. The van der Waals surface area contributed by atoms with Crippen LogP contribution in [-0.2, 0) is 32.0 Å². The maximum Gasteiger partial charge on any atom is 0.338 e. The molecule has 34 heavy (non-hydrogen) atoms. The standard InChI is InChI=1S/C23H26N4O5S2/c1-16(2)31-19-7-9-20(10-8-19)34(29,30)26-12-11-18(15-26)27-14-17(13-23-24-32-33(28)25-23)21-5-3-4-6-22(21)27/h3-10,14,16,18H,11-13,15H2,1-2H3,(H,24,25). The van der Waals surface area contributed by atoms with E-state index in [-0.39, 0.29) is 17.0 Å². The van der Waals surface area contributed by atoms with Crippen molar-refractivity contribution < 1.29 is 21.6 Å². The monoisotopic (exact) mass is 502 g/mol. The molecule has 0 spiro atoms. The van der Waals surface area contributed by atoms with Gasteiger partial charge < -0.3 is 9.30 Å². The average Bonchev–Trinajstić information content (AvgIpc) is 3.53. The quantitative estimate of drug-likeness (QED) is 0.535. The van der Waals surface area contributed by atoms with Crippen molar-refractivity contribution in [3.63, 3.8) is 0 Å². The second-order valence-corrected chi connectivity index (χ2v) is 11.4. The molecule has 9 nitrogen and oxygen atoms in total. The van der Waals surface area contributed by atoms with E-state index >= 15 is 0 Å². The van der Waals surface area contributed by atoms with Gasteiger partial charge in [0.2, 0.25) is 10.0 Å². The predicted molar refractivity (Wildman–Crippen MR) is 130 cm³/mol. The van der Waals surface area contributed by atoms with Crippen molar-refractivity contribution in [1.29, 1.82) is 0 Å². The molecule has 2 atom stereocenters. The minimum atomic E-state index is -3.61. The van der Waals surface area contributed by atoms with Gasteiger partial charge in [0.15, 0.2) is 5.84 Å². The van der Waals surface area contributed by atoms with Crippen molar-refractivity contribution in [3.8, 4) is 5.75 Å². The first-order valence-corrected chi connectivity index (χ1v) is 13.6. The van der Waals surface area contributed by atoms with Gasteiger partial charge in [-0.1, -0.05) is 23.4 Å². The largest absolute Gasteiger partial charge is 0.491 e.